The topological polar surface area (TPSA) is 81.8 Å². The number of ether oxygens (including phenoxy) is 2. The van der Waals surface area contributed by atoms with Gasteiger partial charge in [0.1, 0.15) is 12.4 Å². The van der Waals surface area contributed by atoms with Gasteiger partial charge in [0.25, 0.3) is 0 Å². The van der Waals surface area contributed by atoms with Crippen LogP contribution in [-0.4, -0.2) is 30.3 Å². The van der Waals surface area contributed by atoms with Crippen LogP contribution in [-0.2, 0) is 16.0 Å². The molecule has 0 saturated carbocycles. The van der Waals surface area contributed by atoms with Gasteiger partial charge in [0.2, 0.25) is 0 Å². The van der Waals surface area contributed by atoms with Crippen LogP contribution in [0.3, 0.4) is 0 Å². The summed E-state index contributed by atoms with van der Waals surface area (Å²) in [6.45, 7) is 2.21. The lowest BCUT2D eigenvalue weighted by molar-refractivity contribution is -0.144. The summed E-state index contributed by atoms with van der Waals surface area (Å²) in [5, 5.41) is 8.64. The molecule has 1 aromatic carbocycles. The highest BCUT2D eigenvalue weighted by atomic mass is 16.5. The molecule has 5 heteroatoms. The number of aliphatic carboxylic acids is 1. The van der Waals surface area contributed by atoms with Gasteiger partial charge in [-0.2, -0.15) is 0 Å². The normalized spacial score (nSPS) is 21.7. The fraction of sp³-hybridized carbons (Fsp3) is 0.462. The number of nitrogens with two attached hydrogens (primary N) is 1. The predicted octanol–water partition coefficient (Wildman–Crippen LogP) is 1.11. The van der Waals surface area contributed by atoms with Crippen LogP contribution in [0.15, 0.2) is 18.2 Å². The monoisotopic (exact) mass is 251 g/mol. The van der Waals surface area contributed by atoms with Crippen molar-refractivity contribution in [3.8, 4) is 5.75 Å². The van der Waals surface area contributed by atoms with Gasteiger partial charge in [0.15, 0.2) is 0 Å². The highest BCUT2D eigenvalue weighted by Crippen LogP contribution is 2.35. The molecule has 0 fully saturated rings. The van der Waals surface area contributed by atoms with Crippen LogP contribution in [0.1, 0.15) is 24.2 Å². The molecule has 3 N–H and O–H groups in total. The van der Waals surface area contributed by atoms with Gasteiger partial charge >= 0.3 is 5.97 Å². The quantitative estimate of drug-likeness (QED) is 0.819. The Bertz CT molecular complexity index is 447. The molecule has 2 unspecified atom stereocenters. The first kappa shape index (κ1) is 12.9. The third-order valence-electron chi connectivity index (χ3n) is 2.96. The minimum atomic E-state index is -0.985. The lowest BCUT2D eigenvalue weighted by atomic mass is 10.1. The van der Waals surface area contributed by atoms with Gasteiger partial charge in [-0.3, -0.25) is 0 Å². The second kappa shape index (κ2) is 5.37. The second-order valence-corrected chi connectivity index (χ2v) is 4.29. The van der Waals surface area contributed by atoms with E-state index in [1.54, 1.807) is 0 Å². The smallest absolute Gasteiger partial charge is 0.329 e. The molecule has 0 radical (unpaired) electrons. The Morgan fingerprint density at radius 1 is 1.56 bits per heavy atom. The predicted molar refractivity (Wildman–Crippen MR) is 65.6 cm³/mol. The summed E-state index contributed by atoms with van der Waals surface area (Å²) in [5.41, 5.74) is 8.02. The minimum Gasteiger partial charge on any atom is -0.494 e. The molecule has 18 heavy (non-hydrogen) atoms. The number of benzene rings is 1. The Balaban J connectivity index is 2.15. The summed E-state index contributed by atoms with van der Waals surface area (Å²) in [5.74, 6) is -0.177. The first-order valence-corrected chi connectivity index (χ1v) is 5.96. The summed E-state index contributed by atoms with van der Waals surface area (Å²) in [6.07, 6.45) is 0.340. The standard InChI is InChI=1S/C13H17NO4/c1-2-17-9-3-4-10-8(5-9)6-11(14)13(10)18-7-12(15)16/h3-5,11,13H,2,6-7,14H2,1H3,(H,15,16). The van der Waals surface area contributed by atoms with E-state index in [4.69, 9.17) is 20.3 Å². The van der Waals surface area contributed by atoms with Crippen molar-refractivity contribution in [2.24, 2.45) is 5.73 Å². The lowest BCUT2D eigenvalue weighted by Crippen LogP contribution is -2.28. The molecule has 0 aromatic heterocycles. The molecule has 0 spiro atoms. The molecule has 2 rings (SSSR count). The fourth-order valence-corrected chi connectivity index (χ4v) is 2.26. The van der Waals surface area contributed by atoms with E-state index in [9.17, 15) is 4.79 Å². The van der Waals surface area contributed by atoms with Gasteiger partial charge in [0, 0.05) is 6.04 Å². The summed E-state index contributed by atoms with van der Waals surface area (Å²) in [4.78, 5) is 10.5. The number of hydrogen-bond donors (Lipinski definition) is 2. The van der Waals surface area contributed by atoms with Crippen molar-refractivity contribution in [2.45, 2.75) is 25.5 Å². The zero-order valence-electron chi connectivity index (χ0n) is 10.3. The van der Waals surface area contributed by atoms with Crippen LogP contribution < -0.4 is 10.5 Å². The van der Waals surface area contributed by atoms with Crippen molar-refractivity contribution in [1.82, 2.24) is 0 Å². The van der Waals surface area contributed by atoms with Crippen molar-refractivity contribution in [1.29, 1.82) is 0 Å². The maximum atomic E-state index is 10.5. The molecular weight excluding hydrogens is 234 g/mol. The average Bonchev–Trinajstić information content (AvgIpc) is 2.62. The van der Waals surface area contributed by atoms with Crippen LogP contribution in [0.2, 0.25) is 0 Å². The van der Waals surface area contributed by atoms with E-state index in [0.29, 0.717) is 13.0 Å². The van der Waals surface area contributed by atoms with Gasteiger partial charge in [-0.25, -0.2) is 4.79 Å². The minimum absolute atomic E-state index is 0.198. The Morgan fingerprint density at radius 2 is 2.33 bits per heavy atom. The first-order valence-electron chi connectivity index (χ1n) is 5.96. The van der Waals surface area contributed by atoms with Crippen molar-refractivity contribution < 1.29 is 19.4 Å². The first-order chi connectivity index (χ1) is 8.61. The summed E-state index contributed by atoms with van der Waals surface area (Å²) in [6, 6.07) is 5.51. The van der Waals surface area contributed by atoms with Crippen LogP contribution in [0.4, 0.5) is 0 Å². The molecule has 1 aromatic rings. The van der Waals surface area contributed by atoms with E-state index in [1.165, 1.54) is 0 Å². The molecule has 0 amide bonds. The van der Waals surface area contributed by atoms with E-state index in [1.807, 2.05) is 25.1 Å². The molecule has 0 bridgehead atoms. The van der Waals surface area contributed by atoms with Crippen molar-refractivity contribution in [3.05, 3.63) is 29.3 Å². The lowest BCUT2D eigenvalue weighted by Gasteiger charge is -2.16. The van der Waals surface area contributed by atoms with Crippen LogP contribution in [0.5, 0.6) is 5.75 Å². The number of hydrogen-bond acceptors (Lipinski definition) is 4. The van der Waals surface area contributed by atoms with Gasteiger partial charge < -0.3 is 20.3 Å². The van der Waals surface area contributed by atoms with Crippen LogP contribution >= 0.6 is 0 Å². The van der Waals surface area contributed by atoms with E-state index < -0.39 is 5.97 Å². The SMILES string of the molecule is CCOc1ccc2c(c1)CC(N)C2OCC(=O)O. The maximum absolute atomic E-state index is 10.5. The Hall–Kier alpha value is -1.59. The van der Waals surface area contributed by atoms with Gasteiger partial charge in [-0.15, -0.1) is 0 Å². The molecule has 0 saturated heterocycles. The number of carboxylic acids is 1. The summed E-state index contributed by atoms with van der Waals surface area (Å²) < 4.78 is 10.8. The van der Waals surface area contributed by atoms with E-state index >= 15 is 0 Å². The Kier molecular flexibility index (Phi) is 3.84. The van der Waals surface area contributed by atoms with Crippen molar-refractivity contribution >= 4 is 5.97 Å². The maximum Gasteiger partial charge on any atom is 0.329 e. The van der Waals surface area contributed by atoms with Crippen molar-refractivity contribution in [3.63, 3.8) is 0 Å². The summed E-state index contributed by atoms with van der Waals surface area (Å²) >= 11 is 0. The fourth-order valence-electron chi connectivity index (χ4n) is 2.26. The van der Waals surface area contributed by atoms with Crippen LogP contribution in [0.25, 0.3) is 0 Å². The molecule has 98 valence electrons. The third-order valence-corrected chi connectivity index (χ3v) is 2.96. The number of rotatable bonds is 5. The van der Waals surface area contributed by atoms with E-state index in [0.717, 1.165) is 16.9 Å². The Labute approximate surface area is 106 Å². The largest absolute Gasteiger partial charge is 0.494 e. The molecule has 1 aliphatic rings. The third kappa shape index (κ3) is 2.63. The van der Waals surface area contributed by atoms with E-state index in [2.05, 4.69) is 0 Å². The Morgan fingerprint density at radius 3 is 3.00 bits per heavy atom. The van der Waals surface area contributed by atoms with Crippen molar-refractivity contribution in [2.75, 3.05) is 13.2 Å². The molecule has 0 heterocycles. The van der Waals surface area contributed by atoms with Crippen LogP contribution in [0, 0.1) is 0 Å². The zero-order valence-corrected chi connectivity index (χ0v) is 10.3. The zero-order chi connectivity index (χ0) is 13.1. The van der Waals surface area contributed by atoms with E-state index in [-0.39, 0.29) is 18.8 Å². The molecule has 1 aliphatic carbocycles. The second-order valence-electron chi connectivity index (χ2n) is 4.29. The molecule has 0 aliphatic heterocycles. The average molecular weight is 251 g/mol. The molecule has 5 nitrogen and oxygen atoms in total. The number of fused-ring (bicyclic) bond motifs is 1. The molecule has 2 atom stereocenters. The number of carboxylic acid groups (broad SMARTS) is 1. The van der Waals surface area contributed by atoms with Gasteiger partial charge in [-0.1, -0.05) is 6.07 Å². The molecular formula is C13H17NO4. The highest BCUT2D eigenvalue weighted by molar-refractivity contribution is 5.68. The highest BCUT2D eigenvalue weighted by Gasteiger charge is 2.31. The summed E-state index contributed by atoms with van der Waals surface area (Å²) in [7, 11) is 0. The van der Waals surface area contributed by atoms with Gasteiger partial charge in [0.05, 0.1) is 12.7 Å². The van der Waals surface area contributed by atoms with Gasteiger partial charge in [-0.05, 0) is 36.6 Å². The number of carbonyl (C=O) groups is 1.